The normalized spacial score (nSPS) is 17.3. The molecule has 2 atom stereocenters. The van der Waals surface area contributed by atoms with Crippen molar-refractivity contribution in [2.45, 2.75) is 39.3 Å². The molecule has 2 amide bonds. The Kier molecular flexibility index (Phi) is 6.43. The van der Waals surface area contributed by atoms with Crippen LogP contribution in [0.15, 0.2) is 66.7 Å². The van der Waals surface area contributed by atoms with Crippen molar-refractivity contribution in [3.05, 3.63) is 88.4 Å². The quantitative estimate of drug-likeness (QED) is 0.464. The summed E-state index contributed by atoms with van der Waals surface area (Å²) in [5.41, 5.74) is 4.11. The molecule has 5 nitrogen and oxygen atoms in total. The third kappa shape index (κ3) is 4.33. The van der Waals surface area contributed by atoms with Crippen molar-refractivity contribution >= 4 is 34.8 Å². The van der Waals surface area contributed by atoms with Crippen LogP contribution in [0, 0.1) is 6.92 Å². The maximum Gasteiger partial charge on any atom is 0.258 e. The number of carbonyl (C=O) groups is 2. The van der Waals surface area contributed by atoms with E-state index < -0.39 is 0 Å². The van der Waals surface area contributed by atoms with Gasteiger partial charge in [-0.15, -0.1) is 0 Å². The molecule has 0 saturated carbocycles. The monoisotopic (exact) mass is 462 g/mol. The maximum absolute atomic E-state index is 13.5. The third-order valence-electron chi connectivity index (χ3n) is 6.19. The van der Waals surface area contributed by atoms with E-state index in [9.17, 15) is 9.59 Å². The molecule has 0 spiro atoms. The molecule has 3 aromatic rings. The molecule has 1 aliphatic rings. The van der Waals surface area contributed by atoms with E-state index in [2.05, 4.69) is 0 Å². The van der Waals surface area contributed by atoms with Crippen molar-refractivity contribution in [3.8, 4) is 5.75 Å². The molecule has 0 radical (unpaired) electrons. The van der Waals surface area contributed by atoms with Crippen LogP contribution in [0.5, 0.6) is 5.75 Å². The highest BCUT2D eigenvalue weighted by molar-refractivity contribution is 6.30. The summed E-state index contributed by atoms with van der Waals surface area (Å²) in [7, 11) is 1.60. The highest BCUT2D eigenvalue weighted by atomic mass is 35.5. The molecule has 0 aliphatic carbocycles. The number of hydrogen-bond donors (Lipinski definition) is 0. The number of nitrogens with zero attached hydrogens (tertiary/aromatic N) is 2. The zero-order valence-electron chi connectivity index (χ0n) is 19.2. The number of anilines is 2. The number of ether oxygens (including phenoxy) is 1. The van der Waals surface area contributed by atoms with Gasteiger partial charge in [0.15, 0.2) is 0 Å². The summed E-state index contributed by atoms with van der Waals surface area (Å²) in [6.07, 6.45) is 0.612. The number of para-hydroxylation sites is 1. The molecule has 1 aliphatic heterocycles. The van der Waals surface area contributed by atoms with Gasteiger partial charge in [0.1, 0.15) is 5.75 Å². The molecular weight excluding hydrogens is 436 g/mol. The number of rotatable bonds is 4. The number of benzene rings is 3. The van der Waals surface area contributed by atoms with Gasteiger partial charge in [-0.25, -0.2) is 0 Å². The van der Waals surface area contributed by atoms with Crippen molar-refractivity contribution in [2.75, 3.05) is 16.9 Å². The van der Waals surface area contributed by atoms with Crippen LogP contribution in [0.4, 0.5) is 11.4 Å². The Morgan fingerprint density at radius 2 is 1.76 bits per heavy atom. The minimum Gasteiger partial charge on any atom is -0.497 e. The predicted octanol–water partition coefficient (Wildman–Crippen LogP) is 6.19. The molecule has 0 aromatic heterocycles. The summed E-state index contributed by atoms with van der Waals surface area (Å²) >= 11 is 6.17. The minimum atomic E-state index is -0.200. The van der Waals surface area contributed by atoms with E-state index in [1.54, 1.807) is 44.4 Å². The van der Waals surface area contributed by atoms with Crippen LogP contribution in [-0.2, 0) is 4.79 Å². The first-order chi connectivity index (χ1) is 15.8. The average Bonchev–Trinajstić information content (AvgIpc) is 2.80. The molecule has 1 heterocycles. The van der Waals surface area contributed by atoms with Crippen LogP contribution in [0.3, 0.4) is 0 Å². The van der Waals surface area contributed by atoms with Gasteiger partial charge in [-0.2, -0.15) is 0 Å². The summed E-state index contributed by atoms with van der Waals surface area (Å²) in [4.78, 5) is 30.1. The molecule has 0 unspecified atom stereocenters. The molecule has 170 valence electrons. The summed E-state index contributed by atoms with van der Waals surface area (Å²) in [5.74, 6) is 0.574. The number of methoxy groups -OCH3 is 1. The summed E-state index contributed by atoms with van der Waals surface area (Å²) < 4.78 is 5.22. The van der Waals surface area contributed by atoms with Crippen LogP contribution in [-0.4, -0.2) is 25.0 Å². The van der Waals surface area contributed by atoms with E-state index in [0.29, 0.717) is 22.8 Å². The fraction of sp³-hybridized carbons (Fsp3) is 0.259. The maximum atomic E-state index is 13.5. The average molecular weight is 463 g/mol. The Bertz CT molecular complexity index is 1190. The number of amides is 2. The lowest BCUT2D eigenvalue weighted by Crippen LogP contribution is -2.47. The predicted molar refractivity (Wildman–Crippen MR) is 132 cm³/mol. The highest BCUT2D eigenvalue weighted by Crippen LogP contribution is 2.43. The van der Waals surface area contributed by atoms with Gasteiger partial charge in [0.2, 0.25) is 5.91 Å². The van der Waals surface area contributed by atoms with Crippen molar-refractivity contribution < 1.29 is 14.3 Å². The molecule has 6 heteroatoms. The fourth-order valence-corrected chi connectivity index (χ4v) is 4.88. The van der Waals surface area contributed by atoms with E-state index in [1.807, 2.05) is 60.0 Å². The molecule has 0 fully saturated rings. The second-order valence-corrected chi connectivity index (χ2v) is 8.82. The van der Waals surface area contributed by atoms with E-state index in [-0.39, 0.29) is 23.9 Å². The van der Waals surface area contributed by atoms with E-state index in [0.717, 1.165) is 22.5 Å². The van der Waals surface area contributed by atoms with Crippen LogP contribution in [0.25, 0.3) is 0 Å². The van der Waals surface area contributed by atoms with E-state index in [4.69, 9.17) is 16.3 Å². The number of fused-ring (bicyclic) bond motifs is 1. The van der Waals surface area contributed by atoms with Gasteiger partial charge in [-0.1, -0.05) is 29.8 Å². The van der Waals surface area contributed by atoms with Crippen molar-refractivity contribution in [3.63, 3.8) is 0 Å². The number of aryl methyl sites for hydroxylation is 1. The molecule has 0 N–H and O–H groups in total. The van der Waals surface area contributed by atoms with Gasteiger partial charge >= 0.3 is 0 Å². The first kappa shape index (κ1) is 22.9. The highest BCUT2D eigenvalue weighted by Gasteiger charge is 2.38. The Morgan fingerprint density at radius 3 is 2.39 bits per heavy atom. The van der Waals surface area contributed by atoms with Crippen molar-refractivity contribution in [1.82, 2.24) is 0 Å². The molecule has 0 bridgehead atoms. The third-order valence-corrected chi connectivity index (χ3v) is 6.42. The molecule has 0 saturated heterocycles. The van der Waals surface area contributed by atoms with Gasteiger partial charge < -0.3 is 14.5 Å². The first-order valence-corrected chi connectivity index (χ1v) is 11.3. The second kappa shape index (κ2) is 9.28. The number of halogens is 1. The molecular formula is C27H27ClN2O3. The SMILES string of the molecule is COc1ccc(C(=O)N2c3ccccc3[C@H](N(C(C)=O)c3ccc(Cl)cc3C)C[C@@H]2C)cc1. The molecule has 3 aromatic carbocycles. The zero-order chi connectivity index (χ0) is 23.7. The van der Waals surface area contributed by atoms with E-state index in [1.165, 1.54) is 0 Å². The van der Waals surface area contributed by atoms with Crippen LogP contribution in [0.2, 0.25) is 5.02 Å². The van der Waals surface area contributed by atoms with Gasteiger partial charge in [0, 0.05) is 34.9 Å². The Morgan fingerprint density at radius 1 is 1.06 bits per heavy atom. The van der Waals surface area contributed by atoms with Crippen molar-refractivity contribution in [1.29, 1.82) is 0 Å². The van der Waals surface area contributed by atoms with Gasteiger partial charge in [-0.05, 0) is 79.9 Å². The number of hydrogen-bond acceptors (Lipinski definition) is 3. The number of carbonyl (C=O) groups excluding carboxylic acids is 2. The topological polar surface area (TPSA) is 49.9 Å². The van der Waals surface area contributed by atoms with Crippen molar-refractivity contribution in [2.24, 2.45) is 0 Å². The van der Waals surface area contributed by atoms with Crippen LogP contribution >= 0.6 is 11.6 Å². The van der Waals surface area contributed by atoms with Crippen LogP contribution < -0.4 is 14.5 Å². The fourth-order valence-electron chi connectivity index (χ4n) is 4.65. The second-order valence-electron chi connectivity index (χ2n) is 8.38. The van der Waals surface area contributed by atoms with Gasteiger partial charge in [-0.3, -0.25) is 9.59 Å². The lowest BCUT2D eigenvalue weighted by atomic mass is 9.89. The smallest absolute Gasteiger partial charge is 0.258 e. The Hall–Kier alpha value is -3.31. The molecule has 33 heavy (non-hydrogen) atoms. The first-order valence-electron chi connectivity index (χ1n) is 10.9. The Labute approximate surface area is 199 Å². The standard InChI is InChI=1S/C27H27ClN2O3/c1-17-15-21(28)11-14-24(17)30(19(3)31)26-16-18(2)29(25-8-6-5-7-23(25)26)27(32)20-9-12-22(33-4)13-10-20/h5-15,18,26H,16H2,1-4H3/t18-,26+/m0/s1. The molecule has 4 rings (SSSR count). The lowest BCUT2D eigenvalue weighted by molar-refractivity contribution is -0.117. The van der Waals surface area contributed by atoms with Gasteiger partial charge in [0.25, 0.3) is 5.91 Å². The van der Waals surface area contributed by atoms with Gasteiger partial charge in [0.05, 0.1) is 13.2 Å². The largest absolute Gasteiger partial charge is 0.497 e. The Balaban J connectivity index is 1.77. The minimum absolute atomic E-state index is 0.0534. The van der Waals surface area contributed by atoms with E-state index >= 15 is 0 Å². The van der Waals surface area contributed by atoms with Crippen LogP contribution in [0.1, 0.15) is 47.8 Å². The summed E-state index contributed by atoms with van der Waals surface area (Å²) in [5, 5.41) is 0.633. The summed E-state index contributed by atoms with van der Waals surface area (Å²) in [6, 6.07) is 20.2. The lowest BCUT2D eigenvalue weighted by Gasteiger charge is -2.43. The summed E-state index contributed by atoms with van der Waals surface area (Å²) in [6.45, 7) is 5.56. The zero-order valence-corrected chi connectivity index (χ0v) is 20.0.